The van der Waals surface area contributed by atoms with E-state index in [1.807, 2.05) is 12.1 Å². The van der Waals surface area contributed by atoms with Crippen LogP contribution in [-0.4, -0.2) is 48.3 Å². The Bertz CT molecular complexity index is 1410. The van der Waals surface area contributed by atoms with Crippen molar-refractivity contribution in [2.45, 2.75) is 44.3 Å². The standard InChI is InChI=1S/C33H35NO6/c35-29-23-31(33(36)37)40-30-22-27(14-15-28(29)30)38-21-9-3-8-18-34-19-16-26(17-20-34)39-32(24-10-4-1-5-11-24)25-12-6-2-7-13-25/h1-2,4-7,10-15,22-23,26,32H,3,8-9,16-21H2,(H,36,37). The van der Waals surface area contributed by atoms with Gasteiger partial charge in [0.1, 0.15) is 17.4 Å². The van der Waals surface area contributed by atoms with Gasteiger partial charge in [0, 0.05) is 25.2 Å². The number of ether oxygens (including phenoxy) is 2. The molecular weight excluding hydrogens is 506 g/mol. The molecule has 0 unspecified atom stereocenters. The maximum absolute atomic E-state index is 12.1. The van der Waals surface area contributed by atoms with Crippen LogP contribution >= 0.6 is 0 Å². The van der Waals surface area contributed by atoms with Crippen molar-refractivity contribution in [1.29, 1.82) is 0 Å². The zero-order valence-corrected chi connectivity index (χ0v) is 22.5. The molecule has 0 radical (unpaired) electrons. The SMILES string of the molecule is O=C(O)c1cc(=O)c2ccc(OCCCCCN3CCC(OC(c4ccccc4)c4ccccc4)CC3)cc2o1. The topological polar surface area (TPSA) is 89.2 Å². The Morgan fingerprint density at radius 1 is 0.900 bits per heavy atom. The van der Waals surface area contributed by atoms with E-state index in [0.29, 0.717) is 17.7 Å². The Hall–Kier alpha value is -3.94. The van der Waals surface area contributed by atoms with Crippen LogP contribution in [0.3, 0.4) is 0 Å². The summed E-state index contributed by atoms with van der Waals surface area (Å²) in [6.45, 7) is 3.69. The third-order valence-corrected chi connectivity index (χ3v) is 7.37. The minimum atomic E-state index is -1.27. The number of piperidine rings is 1. The van der Waals surface area contributed by atoms with Crippen LogP contribution in [0.15, 0.2) is 94.1 Å². The van der Waals surface area contributed by atoms with E-state index in [4.69, 9.17) is 19.0 Å². The molecule has 4 aromatic rings. The largest absolute Gasteiger partial charge is 0.493 e. The van der Waals surface area contributed by atoms with Crippen molar-refractivity contribution in [3.8, 4) is 5.75 Å². The number of hydrogen-bond acceptors (Lipinski definition) is 6. The fourth-order valence-corrected chi connectivity index (χ4v) is 5.20. The Morgan fingerprint density at radius 2 is 1.57 bits per heavy atom. The molecule has 1 aromatic heterocycles. The van der Waals surface area contributed by atoms with Crippen molar-refractivity contribution in [1.82, 2.24) is 4.90 Å². The van der Waals surface area contributed by atoms with Crippen LogP contribution in [0.4, 0.5) is 0 Å². The molecule has 7 nitrogen and oxygen atoms in total. The van der Waals surface area contributed by atoms with Crippen molar-refractivity contribution < 1.29 is 23.8 Å². The first kappa shape index (κ1) is 27.6. The minimum absolute atomic E-state index is 0.0446. The predicted octanol–water partition coefficient (Wildman–Crippen LogP) is 6.31. The third-order valence-electron chi connectivity index (χ3n) is 7.37. The van der Waals surface area contributed by atoms with E-state index in [0.717, 1.165) is 57.8 Å². The van der Waals surface area contributed by atoms with Crippen molar-refractivity contribution in [3.63, 3.8) is 0 Å². The Kier molecular flexibility index (Phi) is 9.26. The Morgan fingerprint density at radius 3 is 2.23 bits per heavy atom. The first-order valence-electron chi connectivity index (χ1n) is 14.0. The van der Waals surface area contributed by atoms with Crippen LogP contribution in [-0.2, 0) is 4.74 Å². The number of rotatable bonds is 12. The van der Waals surface area contributed by atoms with E-state index in [1.54, 1.807) is 18.2 Å². The molecule has 0 atom stereocenters. The lowest BCUT2D eigenvalue weighted by atomic mass is 10.00. The summed E-state index contributed by atoms with van der Waals surface area (Å²) in [5, 5.41) is 9.45. The molecule has 1 aliphatic rings. The molecule has 40 heavy (non-hydrogen) atoms. The summed E-state index contributed by atoms with van der Waals surface area (Å²) in [5.74, 6) is -1.09. The highest BCUT2D eigenvalue weighted by molar-refractivity contribution is 5.87. The minimum Gasteiger partial charge on any atom is -0.493 e. The number of hydrogen-bond donors (Lipinski definition) is 1. The molecule has 3 aromatic carbocycles. The lowest BCUT2D eigenvalue weighted by Gasteiger charge is -2.34. The molecule has 0 saturated carbocycles. The van der Waals surface area contributed by atoms with Gasteiger partial charge in [0.2, 0.25) is 5.76 Å². The fraction of sp³-hybridized carbons (Fsp3) is 0.333. The van der Waals surface area contributed by atoms with Crippen LogP contribution in [0.2, 0.25) is 0 Å². The first-order valence-corrected chi connectivity index (χ1v) is 14.0. The predicted molar refractivity (Wildman–Crippen MR) is 154 cm³/mol. The Labute approximate surface area is 234 Å². The summed E-state index contributed by atoms with van der Waals surface area (Å²) in [6.07, 6.45) is 5.31. The molecule has 7 heteroatoms. The molecule has 0 spiro atoms. The van der Waals surface area contributed by atoms with Gasteiger partial charge in [0.25, 0.3) is 0 Å². The number of benzene rings is 3. The van der Waals surface area contributed by atoms with Gasteiger partial charge in [0.15, 0.2) is 5.43 Å². The van der Waals surface area contributed by atoms with E-state index in [1.165, 1.54) is 11.1 Å². The van der Waals surface area contributed by atoms with Crippen LogP contribution < -0.4 is 10.2 Å². The molecule has 0 bridgehead atoms. The number of aromatic carboxylic acids is 1. The number of unbranched alkanes of at least 4 members (excludes halogenated alkanes) is 2. The molecule has 0 aliphatic carbocycles. The van der Waals surface area contributed by atoms with Gasteiger partial charge in [-0.2, -0.15) is 0 Å². The van der Waals surface area contributed by atoms with Gasteiger partial charge in [-0.15, -0.1) is 0 Å². The van der Waals surface area contributed by atoms with Crippen LogP contribution in [0.1, 0.15) is 59.9 Å². The third kappa shape index (κ3) is 7.17. The van der Waals surface area contributed by atoms with Crippen molar-refractivity contribution in [2.24, 2.45) is 0 Å². The Balaban J connectivity index is 1.03. The summed E-state index contributed by atoms with van der Waals surface area (Å²) in [7, 11) is 0. The van der Waals surface area contributed by atoms with E-state index >= 15 is 0 Å². The molecule has 208 valence electrons. The lowest BCUT2D eigenvalue weighted by molar-refractivity contribution is -0.0271. The summed E-state index contributed by atoms with van der Waals surface area (Å²) in [6, 6.07) is 26.8. The number of fused-ring (bicyclic) bond motifs is 1. The van der Waals surface area contributed by atoms with Crippen LogP contribution in [0.25, 0.3) is 11.0 Å². The zero-order chi connectivity index (χ0) is 27.7. The molecule has 1 saturated heterocycles. The molecule has 1 fully saturated rings. The first-order chi connectivity index (χ1) is 19.6. The summed E-state index contributed by atoms with van der Waals surface area (Å²) < 4.78 is 17.8. The monoisotopic (exact) mass is 541 g/mol. The molecular formula is C33H35NO6. The van der Waals surface area contributed by atoms with Crippen molar-refractivity contribution in [3.05, 3.63) is 112 Å². The van der Waals surface area contributed by atoms with E-state index in [9.17, 15) is 9.59 Å². The van der Waals surface area contributed by atoms with Gasteiger partial charge in [-0.05, 0) is 61.9 Å². The van der Waals surface area contributed by atoms with Crippen molar-refractivity contribution >= 4 is 16.9 Å². The number of carbonyl (C=O) groups is 1. The van der Waals surface area contributed by atoms with Gasteiger partial charge < -0.3 is 23.9 Å². The maximum Gasteiger partial charge on any atom is 0.371 e. The van der Waals surface area contributed by atoms with Crippen LogP contribution in [0, 0.1) is 0 Å². The van der Waals surface area contributed by atoms with Gasteiger partial charge in [-0.25, -0.2) is 4.79 Å². The quantitative estimate of drug-likeness (QED) is 0.210. The molecule has 2 heterocycles. The van der Waals surface area contributed by atoms with Crippen molar-refractivity contribution in [2.75, 3.05) is 26.2 Å². The van der Waals surface area contributed by atoms with Gasteiger partial charge in [0.05, 0.1) is 18.1 Å². The number of carboxylic acids is 1. The van der Waals surface area contributed by atoms with E-state index < -0.39 is 5.97 Å². The second-order valence-electron chi connectivity index (χ2n) is 10.2. The smallest absolute Gasteiger partial charge is 0.371 e. The fourth-order valence-electron chi connectivity index (χ4n) is 5.20. The zero-order valence-electron chi connectivity index (χ0n) is 22.5. The molecule has 5 rings (SSSR count). The maximum atomic E-state index is 12.1. The number of likely N-dealkylation sites (tertiary alicyclic amines) is 1. The van der Waals surface area contributed by atoms with E-state index in [-0.39, 0.29) is 29.0 Å². The molecule has 1 aliphatic heterocycles. The van der Waals surface area contributed by atoms with Crippen LogP contribution in [0.5, 0.6) is 5.75 Å². The second kappa shape index (κ2) is 13.4. The van der Waals surface area contributed by atoms with Gasteiger partial charge >= 0.3 is 5.97 Å². The number of carboxylic acid groups (broad SMARTS) is 1. The van der Waals surface area contributed by atoms with Gasteiger partial charge in [-0.1, -0.05) is 60.7 Å². The summed E-state index contributed by atoms with van der Waals surface area (Å²) in [4.78, 5) is 25.8. The van der Waals surface area contributed by atoms with E-state index in [2.05, 4.69) is 53.4 Å². The highest BCUT2D eigenvalue weighted by Crippen LogP contribution is 2.30. The lowest BCUT2D eigenvalue weighted by Crippen LogP contribution is -2.38. The molecule has 0 amide bonds. The number of nitrogens with zero attached hydrogens (tertiary/aromatic N) is 1. The second-order valence-corrected chi connectivity index (χ2v) is 10.2. The van der Waals surface area contributed by atoms with Gasteiger partial charge in [-0.3, -0.25) is 4.79 Å². The normalized spacial score (nSPS) is 14.5. The summed E-state index contributed by atoms with van der Waals surface area (Å²) in [5.41, 5.74) is 2.22. The average molecular weight is 542 g/mol. The summed E-state index contributed by atoms with van der Waals surface area (Å²) >= 11 is 0. The average Bonchev–Trinajstić information content (AvgIpc) is 2.99. The molecule has 1 N–H and O–H groups in total. The highest BCUT2D eigenvalue weighted by atomic mass is 16.5. The highest BCUT2D eigenvalue weighted by Gasteiger charge is 2.24.